The van der Waals surface area contributed by atoms with Crippen LogP contribution in [0.25, 0.3) is 0 Å². The number of rotatable bonds is 11. The second-order valence-electron chi connectivity index (χ2n) is 10.7. The van der Waals surface area contributed by atoms with E-state index in [1.165, 1.54) is 18.0 Å². The molecule has 13 heteroatoms. The van der Waals surface area contributed by atoms with Gasteiger partial charge >= 0.3 is 6.09 Å². The number of aromatic nitrogens is 3. The summed E-state index contributed by atoms with van der Waals surface area (Å²) >= 11 is 0. The maximum absolute atomic E-state index is 14.8. The summed E-state index contributed by atoms with van der Waals surface area (Å²) in [5, 5.41) is 9.06. The molecule has 0 unspecified atom stereocenters. The lowest BCUT2D eigenvalue weighted by Gasteiger charge is -2.28. The van der Waals surface area contributed by atoms with Crippen LogP contribution in [0.1, 0.15) is 52.5 Å². The van der Waals surface area contributed by atoms with Crippen LogP contribution in [-0.4, -0.2) is 90.4 Å². The van der Waals surface area contributed by atoms with Gasteiger partial charge in [-0.2, -0.15) is 4.98 Å². The summed E-state index contributed by atoms with van der Waals surface area (Å²) in [6.45, 7) is 10.7. The van der Waals surface area contributed by atoms with Crippen molar-refractivity contribution in [3.05, 3.63) is 29.8 Å². The number of amides is 2. The highest BCUT2D eigenvalue weighted by molar-refractivity contribution is 5.82. The first-order chi connectivity index (χ1) is 20.1. The Morgan fingerprint density at radius 1 is 1.19 bits per heavy atom. The number of pyridine rings is 1. The van der Waals surface area contributed by atoms with Gasteiger partial charge in [0.05, 0.1) is 36.9 Å². The Morgan fingerprint density at radius 2 is 1.95 bits per heavy atom. The van der Waals surface area contributed by atoms with E-state index in [1.54, 1.807) is 33.2 Å². The number of halogens is 1. The number of carbonyl (C=O) groups excluding carboxylic acids is 2. The molecule has 0 radical (unpaired) electrons. The number of nitrogens with zero attached hydrogens (tertiary/aromatic N) is 5. The van der Waals surface area contributed by atoms with Gasteiger partial charge in [0.2, 0.25) is 11.9 Å². The van der Waals surface area contributed by atoms with E-state index < -0.39 is 17.5 Å². The maximum Gasteiger partial charge on any atom is 0.410 e. The lowest BCUT2D eigenvalue weighted by Crippen LogP contribution is -2.41. The predicted molar refractivity (Wildman–Crippen MR) is 159 cm³/mol. The first-order valence-corrected chi connectivity index (χ1v) is 14.1. The van der Waals surface area contributed by atoms with Crippen molar-refractivity contribution in [2.75, 3.05) is 68.5 Å². The van der Waals surface area contributed by atoms with Crippen LogP contribution < -0.4 is 20.9 Å². The van der Waals surface area contributed by atoms with Crippen molar-refractivity contribution in [2.24, 2.45) is 0 Å². The van der Waals surface area contributed by atoms with Crippen LogP contribution in [0.2, 0.25) is 0 Å². The molecule has 1 saturated heterocycles. The van der Waals surface area contributed by atoms with Gasteiger partial charge < -0.3 is 35.2 Å². The van der Waals surface area contributed by atoms with E-state index >= 15 is 0 Å². The zero-order chi connectivity index (χ0) is 30.5. The molecule has 0 atom stereocenters. The smallest absolute Gasteiger partial charge is 0.410 e. The van der Waals surface area contributed by atoms with Crippen LogP contribution in [0.15, 0.2) is 18.5 Å². The highest BCUT2D eigenvalue weighted by Gasteiger charge is 2.21. The molecule has 1 aliphatic rings. The van der Waals surface area contributed by atoms with Crippen molar-refractivity contribution in [2.45, 2.75) is 52.6 Å². The maximum atomic E-state index is 14.8. The van der Waals surface area contributed by atoms with Crippen LogP contribution >= 0.6 is 0 Å². The summed E-state index contributed by atoms with van der Waals surface area (Å²) in [7, 11) is 1.52. The molecule has 1 aliphatic heterocycles. The molecule has 2 amide bonds. The second kappa shape index (κ2) is 15.7. The molecule has 42 heavy (non-hydrogen) atoms. The molecule has 0 saturated carbocycles. The van der Waals surface area contributed by atoms with Gasteiger partial charge in [-0.25, -0.2) is 19.2 Å². The number of nitrogens with one attached hydrogen (secondary N) is 3. The Bertz CT molecular complexity index is 1270. The number of unbranched alkanes of at least 4 members (excludes halogenated alkanes) is 1. The molecule has 3 heterocycles. The zero-order valence-electron chi connectivity index (χ0n) is 25.1. The van der Waals surface area contributed by atoms with Gasteiger partial charge in [-0.3, -0.25) is 4.79 Å². The minimum absolute atomic E-state index is 0.0918. The molecule has 0 bridgehead atoms. The van der Waals surface area contributed by atoms with E-state index in [2.05, 4.69) is 42.7 Å². The number of ether oxygens (including phenoxy) is 2. The van der Waals surface area contributed by atoms with Crippen LogP contribution in [0, 0.1) is 17.7 Å². The number of hydrogen-bond donors (Lipinski definition) is 3. The van der Waals surface area contributed by atoms with Crippen molar-refractivity contribution in [3.8, 4) is 11.8 Å². The van der Waals surface area contributed by atoms with Gasteiger partial charge in [-0.05, 0) is 33.6 Å². The minimum Gasteiger partial charge on any atom is -0.444 e. The van der Waals surface area contributed by atoms with E-state index in [-0.39, 0.29) is 12.5 Å². The molecule has 2 aromatic heterocycles. The van der Waals surface area contributed by atoms with Gasteiger partial charge in [0.15, 0.2) is 11.6 Å². The van der Waals surface area contributed by atoms with E-state index in [0.29, 0.717) is 81.1 Å². The average Bonchev–Trinajstić information content (AvgIpc) is 2.94. The first kappa shape index (κ1) is 32.3. The Morgan fingerprint density at radius 3 is 2.64 bits per heavy atom. The highest BCUT2D eigenvalue weighted by Crippen LogP contribution is 2.23. The van der Waals surface area contributed by atoms with Crippen LogP contribution in [0.4, 0.5) is 32.5 Å². The lowest BCUT2D eigenvalue weighted by molar-refractivity contribution is -0.122. The molecule has 228 valence electrons. The highest BCUT2D eigenvalue weighted by atomic mass is 19.1. The van der Waals surface area contributed by atoms with E-state index in [9.17, 15) is 14.0 Å². The number of anilines is 4. The van der Waals surface area contributed by atoms with Crippen molar-refractivity contribution in [3.63, 3.8) is 0 Å². The molecule has 0 aliphatic carbocycles. The molecule has 3 rings (SSSR count). The largest absolute Gasteiger partial charge is 0.444 e. The van der Waals surface area contributed by atoms with Crippen molar-refractivity contribution < 1.29 is 23.5 Å². The molecule has 12 nitrogen and oxygen atoms in total. The summed E-state index contributed by atoms with van der Waals surface area (Å²) in [5.74, 6) is 6.63. The van der Waals surface area contributed by atoms with Gasteiger partial charge in [0.25, 0.3) is 0 Å². The van der Waals surface area contributed by atoms with Gasteiger partial charge in [0, 0.05) is 45.7 Å². The fourth-order valence-corrected chi connectivity index (χ4v) is 3.79. The lowest BCUT2D eigenvalue weighted by atomic mass is 10.2. The second-order valence-corrected chi connectivity index (χ2v) is 10.7. The molecule has 1 fully saturated rings. The summed E-state index contributed by atoms with van der Waals surface area (Å²) in [5.41, 5.74) is 0.439. The van der Waals surface area contributed by atoms with Crippen molar-refractivity contribution >= 4 is 35.3 Å². The zero-order valence-corrected chi connectivity index (χ0v) is 25.1. The Kier molecular flexibility index (Phi) is 12.1. The molecule has 0 aromatic carbocycles. The quantitative estimate of drug-likeness (QED) is 0.266. The molecule has 3 N–H and O–H groups in total. The fraction of sp³-hybridized carbons (Fsp3) is 0.552. The van der Waals surface area contributed by atoms with E-state index in [1.807, 2.05) is 11.8 Å². The Balaban J connectivity index is 1.52. The van der Waals surface area contributed by atoms with Gasteiger partial charge in [-0.15, -0.1) is 0 Å². The third kappa shape index (κ3) is 10.7. The van der Waals surface area contributed by atoms with Crippen LogP contribution in [0.3, 0.4) is 0 Å². The van der Waals surface area contributed by atoms with Crippen LogP contribution in [0.5, 0.6) is 0 Å². The number of hydrogen-bond acceptors (Lipinski definition) is 10. The average molecular weight is 585 g/mol. The number of likely N-dealkylation sites (N-methyl/N-ethyl adjacent to an activating group) is 1. The Hall–Kier alpha value is -4.18. The van der Waals surface area contributed by atoms with Crippen LogP contribution in [-0.2, 0) is 14.3 Å². The predicted octanol–water partition coefficient (Wildman–Crippen LogP) is 3.53. The molecule has 0 spiro atoms. The number of carbonyl (C=O) groups is 2. The third-order valence-electron chi connectivity index (χ3n) is 5.83. The monoisotopic (exact) mass is 584 g/mol. The van der Waals surface area contributed by atoms with E-state index in [0.717, 1.165) is 6.42 Å². The van der Waals surface area contributed by atoms with Gasteiger partial charge in [0.1, 0.15) is 18.0 Å². The molecular formula is C29H41FN8O4. The SMILES string of the molecule is CCCNc1nc(Nc2cnc(N3CCOCC3)c(F)c2)ncc1C#CCCCNC(=O)CN(C)C(=O)OC(C)(C)C. The summed E-state index contributed by atoms with van der Waals surface area (Å²) in [4.78, 5) is 40.4. The summed E-state index contributed by atoms with van der Waals surface area (Å²) < 4.78 is 25.3. The fourth-order valence-electron chi connectivity index (χ4n) is 3.79. The summed E-state index contributed by atoms with van der Waals surface area (Å²) in [6.07, 6.45) is 4.67. The molecular weight excluding hydrogens is 543 g/mol. The summed E-state index contributed by atoms with van der Waals surface area (Å²) in [6, 6.07) is 1.38. The third-order valence-corrected chi connectivity index (χ3v) is 5.83. The normalized spacial score (nSPS) is 13.0. The van der Waals surface area contributed by atoms with Gasteiger partial charge in [-0.1, -0.05) is 18.8 Å². The topological polar surface area (TPSA) is 134 Å². The minimum atomic E-state index is -0.624. The van der Waals surface area contributed by atoms with Crippen molar-refractivity contribution in [1.29, 1.82) is 0 Å². The number of morpholine rings is 1. The Labute approximate surface area is 246 Å². The van der Waals surface area contributed by atoms with Crippen molar-refractivity contribution in [1.82, 2.24) is 25.2 Å². The van der Waals surface area contributed by atoms with E-state index in [4.69, 9.17) is 9.47 Å². The standard InChI is InChI=1S/C29H41FN8O4/c1-6-11-32-25-21(10-8-7-9-12-31-24(39)20-37(5)28(40)42-29(2,3)4)18-34-27(36-25)35-22-17-23(30)26(33-19-22)38-13-15-41-16-14-38/h17-19H,6-7,9,11-16,20H2,1-5H3,(H,31,39)(H2,32,34,35,36). The molecule has 2 aromatic rings. The first-order valence-electron chi connectivity index (χ1n) is 14.1.